The van der Waals surface area contributed by atoms with Crippen molar-refractivity contribution in [2.75, 3.05) is 26.8 Å². The fourth-order valence-corrected chi connectivity index (χ4v) is 4.95. The van der Waals surface area contributed by atoms with E-state index < -0.39 is 0 Å². The van der Waals surface area contributed by atoms with Crippen LogP contribution in [-0.4, -0.2) is 59.5 Å². The molecule has 1 fully saturated rings. The first kappa shape index (κ1) is 21.8. The van der Waals surface area contributed by atoms with Crippen LogP contribution in [0.5, 0.6) is 5.75 Å². The van der Waals surface area contributed by atoms with Gasteiger partial charge in [-0.2, -0.15) is 0 Å². The number of carbonyl (C=O) groups is 2. The second kappa shape index (κ2) is 9.78. The van der Waals surface area contributed by atoms with E-state index >= 15 is 0 Å². The van der Waals surface area contributed by atoms with Gasteiger partial charge in [0.05, 0.1) is 30.8 Å². The van der Waals surface area contributed by atoms with Gasteiger partial charge in [-0.3, -0.25) is 14.5 Å². The van der Waals surface area contributed by atoms with Crippen LogP contribution >= 0.6 is 11.3 Å². The molecule has 2 aliphatic heterocycles. The van der Waals surface area contributed by atoms with Gasteiger partial charge in [0.15, 0.2) is 0 Å². The van der Waals surface area contributed by atoms with Crippen molar-refractivity contribution in [2.45, 2.75) is 51.7 Å². The van der Waals surface area contributed by atoms with Crippen LogP contribution in [-0.2, 0) is 33.8 Å². The Balaban J connectivity index is 1.47. The molecule has 0 spiro atoms. The molecule has 0 N–H and O–H groups in total. The van der Waals surface area contributed by atoms with E-state index in [-0.39, 0.29) is 17.9 Å². The number of fused-ring (bicyclic) bond motifs is 1. The number of piperidine rings is 1. The zero-order valence-electron chi connectivity index (χ0n) is 18.1. The number of esters is 1. The second-order valence-corrected chi connectivity index (χ2v) is 9.21. The third-order valence-electron chi connectivity index (χ3n) is 5.93. The van der Waals surface area contributed by atoms with Crippen LogP contribution in [0.15, 0.2) is 23.6 Å². The molecule has 1 unspecified atom stereocenters. The van der Waals surface area contributed by atoms with Gasteiger partial charge < -0.3 is 14.4 Å². The zero-order chi connectivity index (χ0) is 21.8. The lowest BCUT2D eigenvalue weighted by atomic mass is 10.0. The van der Waals surface area contributed by atoms with E-state index in [4.69, 9.17) is 9.47 Å². The first-order valence-corrected chi connectivity index (χ1v) is 11.7. The summed E-state index contributed by atoms with van der Waals surface area (Å²) < 4.78 is 10.9. The van der Waals surface area contributed by atoms with Crippen molar-refractivity contribution < 1.29 is 19.1 Å². The van der Waals surface area contributed by atoms with Crippen LogP contribution in [0, 0.1) is 6.92 Å². The average Bonchev–Trinajstić information content (AvgIpc) is 3.06. The van der Waals surface area contributed by atoms with Crippen LogP contribution in [0.25, 0.3) is 0 Å². The summed E-state index contributed by atoms with van der Waals surface area (Å²) in [7, 11) is 1.45. The molecule has 2 aromatic rings. The van der Waals surface area contributed by atoms with E-state index in [1.54, 1.807) is 11.3 Å². The SMILES string of the molecule is COC(=O)C1CCCCN1Cc1ccc2c(c1)CN(C(=O)Cc1csc(C)n1)CCO2. The van der Waals surface area contributed by atoms with E-state index in [0.717, 1.165) is 53.4 Å². The predicted molar refractivity (Wildman–Crippen MR) is 118 cm³/mol. The lowest BCUT2D eigenvalue weighted by Crippen LogP contribution is -2.44. The molecular weight excluding hydrogens is 414 g/mol. The maximum Gasteiger partial charge on any atom is 0.323 e. The Kier molecular flexibility index (Phi) is 6.87. The first-order valence-electron chi connectivity index (χ1n) is 10.8. The molecule has 2 aliphatic rings. The number of carbonyl (C=O) groups excluding carboxylic acids is 2. The molecule has 1 amide bonds. The number of ether oxygens (including phenoxy) is 2. The van der Waals surface area contributed by atoms with Crippen LogP contribution in [0.1, 0.15) is 41.1 Å². The largest absolute Gasteiger partial charge is 0.491 e. The molecule has 0 saturated carbocycles. The quantitative estimate of drug-likeness (QED) is 0.662. The summed E-state index contributed by atoms with van der Waals surface area (Å²) in [5, 5.41) is 2.92. The second-order valence-electron chi connectivity index (χ2n) is 8.15. The molecule has 0 bridgehead atoms. The van der Waals surface area contributed by atoms with Crippen molar-refractivity contribution in [1.82, 2.24) is 14.8 Å². The molecule has 31 heavy (non-hydrogen) atoms. The van der Waals surface area contributed by atoms with Crippen molar-refractivity contribution in [3.8, 4) is 5.75 Å². The molecule has 166 valence electrons. The molecule has 1 saturated heterocycles. The number of likely N-dealkylation sites (tertiary alicyclic amines) is 1. The summed E-state index contributed by atoms with van der Waals surface area (Å²) in [6, 6.07) is 5.96. The van der Waals surface area contributed by atoms with Gasteiger partial charge in [0.1, 0.15) is 18.4 Å². The fourth-order valence-electron chi connectivity index (χ4n) is 4.33. The number of thiazole rings is 1. The Hall–Kier alpha value is -2.45. The minimum Gasteiger partial charge on any atom is -0.491 e. The molecule has 8 heteroatoms. The molecule has 4 rings (SSSR count). The molecule has 3 heterocycles. The third-order valence-corrected chi connectivity index (χ3v) is 6.75. The van der Waals surface area contributed by atoms with Gasteiger partial charge in [0, 0.05) is 24.0 Å². The van der Waals surface area contributed by atoms with Gasteiger partial charge in [-0.05, 0) is 44.0 Å². The maximum atomic E-state index is 12.9. The summed E-state index contributed by atoms with van der Waals surface area (Å²) >= 11 is 1.56. The zero-order valence-corrected chi connectivity index (χ0v) is 19.0. The monoisotopic (exact) mass is 443 g/mol. The smallest absolute Gasteiger partial charge is 0.323 e. The van der Waals surface area contributed by atoms with E-state index in [2.05, 4.69) is 22.0 Å². The van der Waals surface area contributed by atoms with Gasteiger partial charge in [-0.25, -0.2) is 4.98 Å². The normalized spacial score (nSPS) is 19.3. The number of benzene rings is 1. The van der Waals surface area contributed by atoms with E-state index in [9.17, 15) is 9.59 Å². The minimum absolute atomic E-state index is 0.0638. The van der Waals surface area contributed by atoms with Gasteiger partial charge in [0.25, 0.3) is 0 Å². The molecule has 7 nitrogen and oxygen atoms in total. The number of hydrogen-bond donors (Lipinski definition) is 0. The summed E-state index contributed by atoms with van der Waals surface area (Å²) in [4.78, 5) is 33.5. The molecule has 0 aliphatic carbocycles. The predicted octanol–water partition coefficient (Wildman–Crippen LogP) is 2.94. The molecule has 1 atom stereocenters. The number of amides is 1. The van der Waals surface area contributed by atoms with Crippen molar-refractivity contribution in [3.05, 3.63) is 45.4 Å². The Bertz CT molecular complexity index is 945. The summed E-state index contributed by atoms with van der Waals surface area (Å²) in [5.74, 6) is 0.729. The Morgan fingerprint density at radius 1 is 1.29 bits per heavy atom. The maximum absolute atomic E-state index is 12.9. The van der Waals surface area contributed by atoms with Crippen molar-refractivity contribution >= 4 is 23.2 Å². The lowest BCUT2D eigenvalue weighted by molar-refractivity contribution is -0.148. The van der Waals surface area contributed by atoms with E-state index in [1.165, 1.54) is 7.11 Å². The number of hydrogen-bond acceptors (Lipinski definition) is 7. The van der Waals surface area contributed by atoms with E-state index in [1.807, 2.05) is 23.3 Å². The standard InChI is InChI=1S/C23H29N3O4S/c1-16-24-19(15-31-16)12-22(27)26-9-10-30-21-7-6-17(11-18(21)14-26)13-25-8-4-3-5-20(25)23(28)29-2/h6-7,11,15,20H,3-5,8-10,12-14H2,1-2H3. The Morgan fingerprint density at radius 3 is 2.94 bits per heavy atom. The number of rotatable bonds is 5. The molecule has 1 aromatic heterocycles. The van der Waals surface area contributed by atoms with Crippen molar-refractivity contribution in [1.29, 1.82) is 0 Å². The highest BCUT2D eigenvalue weighted by atomic mass is 32.1. The Morgan fingerprint density at radius 2 is 2.16 bits per heavy atom. The topological polar surface area (TPSA) is 72.0 Å². The van der Waals surface area contributed by atoms with Crippen molar-refractivity contribution in [2.24, 2.45) is 0 Å². The number of methoxy groups -OCH3 is 1. The van der Waals surface area contributed by atoms with Crippen LogP contribution in [0.3, 0.4) is 0 Å². The van der Waals surface area contributed by atoms with Crippen LogP contribution < -0.4 is 4.74 Å². The Labute approximate surface area is 187 Å². The molecular formula is C23H29N3O4S. The van der Waals surface area contributed by atoms with Crippen molar-refractivity contribution in [3.63, 3.8) is 0 Å². The van der Waals surface area contributed by atoms with Crippen LogP contribution in [0.2, 0.25) is 0 Å². The molecule has 1 aromatic carbocycles. The fraction of sp³-hybridized carbons (Fsp3) is 0.522. The highest BCUT2D eigenvalue weighted by molar-refractivity contribution is 7.09. The number of nitrogens with zero attached hydrogens (tertiary/aromatic N) is 3. The highest BCUT2D eigenvalue weighted by Crippen LogP contribution is 2.27. The third kappa shape index (κ3) is 5.25. The van der Waals surface area contributed by atoms with E-state index in [0.29, 0.717) is 32.7 Å². The van der Waals surface area contributed by atoms with Gasteiger partial charge >= 0.3 is 5.97 Å². The highest BCUT2D eigenvalue weighted by Gasteiger charge is 2.29. The minimum atomic E-state index is -0.187. The number of aromatic nitrogens is 1. The lowest BCUT2D eigenvalue weighted by Gasteiger charge is -2.33. The van der Waals surface area contributed by atoms with Gasteiger partial charge in [-0.1, -0.05) is 12.5 Å². The van der Waals surface area contributed by atoms with Gasteiger partial charge in [0.2, 0.25) is 5.91 Å². The summed E-state index contributed by atoms with van der Waals surface area (Å²) in [6.07, 6.45) is 3.27. The summed E-state index contributed by atoms with van der Waals surface area (Å²) in [6.45, 7) is 5.06. The number of aryl methyl sites for hydroxylation is 1. The van der Waals surface area contributed by atoms with Crippen LogP contribution in [0.4, 0.5) is 0 Å². The average molecular weight is 444 g/mol. The molecule has 0 radical (unpaired) electrons. The summed E-state index contributed by atoms with van der Waals surface area (Å²) in [5.41, 5.74) is 2.94. The van der Waals surface area contributed by atoms with Gasteiger partial charge in [-0.15, -0.1) is 11.3 Å². The first-order chi connectivity index (χ1) is 15.0.